The second-order valence-electron chi connectivity index (χ2n) is 2.30. The largest absolute Gasteiger partial charge is 0.325 e. The highest BCUT2D eigenvalue weighted by atomic mass is 19.3. The molecule has 1 aromatic rings. The van der Waals surface area contributed by atoms with Crippen molar-refractivity contribution in [2.24, 2.45) is 5.73 Å². The van der Waals surface area contributed by atoms with Gasteiger partial charge in [-0.05, 0) is 6.07 Å². The maximum atomic E-state index is 12.7. The second kappa shape index (κ2) is 3.69. The van der Waals surface area contributed by atoms with E-state index in [1.165, 1.54) is 0 Å². The molecule has 0 aliphatic carbocycles. The molecule has 1 rings (SSSR count). The summed E-state index contributed by atoms with van der Waals surface area (Å²) in [5.41, 5.74) is 3.62. The molecule has 13 heavy (non-hydrogen) atoms. The van der Waals surface area contributed by atoms with Crippen LogP contribution in [0.2, 0.25) is 0 Å². The molecule has 0 saturated heterocycles. The summed E-state index contributed by atoms with van der Waals surface area (Å²) in [7, 11) is 0. The first kappa shape index (κ1) is 9.91. The van der Waals surface area contributed by atoms with Crippen molar-refractivity contribution < 1.29 is 17.6 Å². The highest BCUT2D eigenvalue weighted by Gasteiger charge is 2.20. The minimum absolute atomic E-state index is 0.0978. The SMILES string of the molecule is NCc1cc(F)c(C(F)F)c(F)n1. The summed E-state index contributed by atoms with van der Waals surface area (Å²) < 4.78 is 49.3. The number of halogens is 4. The molecule has 0 aliphatic rings. The molecule has 2 N–H and O–H groups in total. The van der Waals surface area contributed by atoms with Gasteiger partial charge in [-0.2, -0.15) is 4.39 Å². The molecule has 6 heteroatoms. The molecule has 0 unspecified atom stereocenters. The molecule has 0 fully saturated rings. The Morgan fingerprint density at radius 3 is 2.38 bits per heavy atom. The molecule has 1 heterocycles. The van der Waals surface area contributed by atoms with Crippen molar-refractivity contribution >= 4 is 0 Å². The fourth-order valence-corrected chi connectivity index (χ4v) is 0.840. The number of alkyl halides is 2. The van der Waals surface area contributed by atoms with Crippen molar-refractivity contribution in [2.75, 3.05) is 0 Å². The van der Waals surface area contributed by atoms with Gasteiger partial charge in [-0.3, -0.25) is 0 Å². The predicted molar refractivity (Wildman–Crippen MR) is 37.0 cm³/mol. The first-order valence-electron chi connectivity index (χ1n) is 3.39. The first-order chi connectivity index (χ1) is 6.06. The lowest BCUT2D eigenvalue weighted by atomic mass is 10.2. The third kappa shape index (κ3) is 1.95. The van der Waals surface area contributed by atoms with Crippen molar-refractivity contribution in [1.82, 2.24) is 4.98 Å². The topological polar surface area (TPSA) is 38.9 Å². The van der Waals surface area contributed by atoms with Gasteiger partial charge in [-0.25, -0.2) is 18.2 Å². The van der Waals surface area contributed by atoms with E-state index in [0.29, 0.717) is 6.07 Å². The maximum absolute atomic E-state index is 12.7. The molecule has 0 aliphatic heterocycles. The monoisotopic (exact) mass is 194 g/mol. The predicted octanol–water partition coefficient (Wildman–Crippen LogP) is 1.76. The maximum Gasteiger partial charge on any atom is 0.271 e. The molecule has 1 aromatic heterocycles. The van der Waals surface area contributed by atoms with Crippen molar-refractivity contribution in [3.63, 3.8) is 0 Å². The van der Waals surface area contributed by atoms with Gasteiger partial charge in [-0.15, -0.1) is 0 Å². The zero-order chi connectivity index (χ0) is 10.0. The number of nitrogens with zero attached hydrogens (tertiary/aromatic N) is 1. The third-order valence-electron chi connectivity index (χ3n) is 1.44. The summed E-state index contributed by atoms with van der Waals surface area (Å²) in [6.45, 7) is -0.197. The van der Waals surface area contributed by atoms with E-state index in [1.807, 2.05) is 0 Å². The Morgan fingerprint density at radius 2 is 2.00 bits per heavy atom. The summed E-state index contributed by atoms with van der Waals surface area (Å²) in [5.74, 6) is -2.82. The summed E-state index contributed by atoms with van der Waals surface area (Å²) >= 11 is 0. The van der Waals surface area contributed by atoms with Crippen LogP contribution in [-0.2, 0) is 6.54 Å². The molecule has 0 amide bonds. The average Bonchev–Trinajstić information content (AvgIpc) is 2.02. The van der Waals surface area contributed by atoms with Gasteiger partial charge >= 0.3 is 0 Å². The van der Waals surface area contributed by atoms with Crippen LogP contribution in [0.1, 0.15) is 17.7 Å². The van der Waals surface area contributed by atoms with Crippen molar-refractivity contribution in [3.8, 4) is 0 Å². The van der Waals surface area contributed by atoms with Crippen LogP contribution in [0.4, 0.5) is 17.6 Å². The van der Waals surface area contributed by atoms with Crippen molar-refractivity contribution in [3.05, 3.63) is 29.1 Å². The van der Waals surface area contributed by atoms with Crippen LogP contribution in [-0.4, -0.2) is 4.98 Å². The molecular formula is C7H6F4N2. The molecule has 0 aromatic carbocycles. The highest BCUT2D eigenvalue weighted by Crippen LogP contribution is 2.24. The van der Waals surface area contributed by atoms with Gasteiger partial charge in [0.25, 0.3) is 6.43 Å². The lowest BCUT2D eigenvalue weighted by molar-refractivity contribution is 0.139. The Labute approximate surface area is 71.4 Å². The Kier molecular flexibility index (Phi) is 2.82. The fraction of sp³-hybridized carbons (Fsp3) is 0.286. The van der Waals surface area contributed by atoms with Crippen LogP contribution in [0.3, 0.4) is 0 Å². The zero-order valence-corrected chi connectivity index (χ0v) is 6.40. The van der Waals surface area contributed by atoms with E-state index in [-0.39, 0.29) is 12.2 Å². The van der Waals surface area contributed by atoms with E-state index in [2.05, 4.69) is 4.98 Å². The summed E-state index contributed by atoms with van der Waals surface area (Å²) in [4.78, 5) is 3.06. The van der Waals surface area contributed by atoms with Crippen molar-refractivity contribution in [2.45, 2.75) is 13.0 Å². The van der Waals surface area contributed by atoms with Gasteiger partial charge < -0.3 is 5.73 Å². The van der Waals surface area contributed by atoms with Crippen LogP contribution in [0.5, 0.6) is 0 Å². The number of aromatic nitrogens is 1. The average molecular weight is 194 g/mol. The molecule has 0 bridgehead atoms. The third-order valence-corrected chi connectivity index (χ3v) is 1.44. The Hall–Kier alpha value is -1.17. The van der Waals surface area contributed by atoms with E-state index >= 15 is 0 Å². The standard InChI is InChI=1S/C7H6F4N2/c8-4-1-3(2-12)13-7(11)5(4)6(9)10/h1,6H,2,12H2. The molecule has 0 saturated carbocycles. The van der Waals surface area contributed by atoms with E-state index in [0.717, 1.165) is 0 Å². The van der Waals surface area contributed by atoms with Crippen LogP contribution in [0, 0.1) is 11.8 Å². The molecular weight excluding hydrogens is 188 g/mol. The van der Waals surface area contributed by atoms with Crippen molar-refractivity contribution in [1.29, 1.82) is 0 Å². The summed E-state index contributed by atoms with van der Waals surface area (Å²) in [6, 6.07) is 0.699. The molecule has 2 nitrogen and oxygen atoms in total. The number of rotatable bonds is 2. The van der Waals surface area contributed by atoms with Gasteiger partial charge in [0, 0.05) is 6.54 Å². The normalized spacial score (nSPS) is 10.9. The van der Waals surface area contributed by atoms with Gasteiger partial charge in [0.05, 0.1) is 5.69 Å². The number of hydrogen-bond acceptors (Lipinski definition) is 2. The number of hydrogen-bond donors (Lipinski definition) is 1. The van der Waals surface area contributed by atoms with Gasteiger partial charge in [0.1, 0.15) is 11.4 Å². The smallest absolute Gasteiger partial charge is 0.271 e. The van der Waals surface area contributed by atoms with Gasteiger partial charge in [-0.1, -0.05) is 0 Å². The van der Waals surface area contributed by atoms with E-state index in [9.17, 15) is 17.6 Å². The van der Waals surface area contributed by atoms with E-state index < -0.39 is 23.8 Å². The Morgan fingerprint density at radius 1 is 1.38 bits per heavy atom. The number of nitrogens with two attached hydrogens (primary N) is 1. The van der Waals surface area contributed by atoms with Crippen LogP contribution < -0.4 is 5.73 Å². The zero-order valence-electron chi connectivity index (χ0n) is 6.40. The van der Waals surface area contributed by atoms with Gasteiger partial charge in [0.15, 0.2) is 0 Å². The fourth-order valence-electron chi connectivity index (χ4n) is 0.840. The lowest BCUT2D eigenvalue weighted by Crippen LogP contribution is -2.06. The minimum Gasteiger partial charge on any atom is -0.325 e. The van der Waals surface area contributed by atoms with E-state index in [1.54, 1.807) is 0 Å². The van der Waals surface area contributed by atoms with Crippen LogP contribution in [0.15, 0.2) is 6.07 Å². The van der Waals surface area contributed by atoms with Crippen LogP contribution >= 0.6 is 0 Å². The lowest BCUT2D eigenvalue weighted by Gasteiger charge is -2.04. The van der Waals surface area contributed by atoms with E-state index in [4.69, 9.17) is 5.73 Å². The Balaban J connectivity index is 3.23. The van der Waals surface area contributed by atoms with Crippen LogP contribution in [0.25, 0.3) is 0 Å². The molecule has 0 atom stereocenters. The molecule has 0 spiro atoms. The first-order valence-corrected chi connectivity index (χ1v) is 3.39. The molecule has 72 valence electrons. The highest BCUT2D eigenvalue weighted by molar-refractivity contribution is 5.19. The summed E-state index contributed by atoms with van der Waals surface area (Å²) in [5, 5.41) is 0. The second-order valence-corrected chi connectivity index (χ2v) is 2.30. The quantitative estimate of drug-likeness (QED) is 0.575. The Bertz CT molecular complexity index is 290. The summed E-state index contributed by atoms with van der Waals surface area (Å²) in [6.07, 6.45) is -3.21. The van der Waals surface area contributed by atoms with Gasteiger partial charge in [0.2, 0.25) is 5.95 Å². The molecule has 0 radical (unpaired) electrons. The minimum atomic E-state index is -3.21. The number of pyridine rings is 1.